The van der Waals surface area contributed by atoms with Gasteiger partial charge in [0.15, 0.2) is 0 Å². The Morgan fingerprint density at radius 3 is 2.52 bits per heavy atom. The van der Waals surface area contributed by atoms with Crippen molar-refractivity contribution in [1.29, 1.82) is 0 Å². The van der Waals surface area contributed by atoms with Gasteiger partial charge >= 0.3 is 0 Å². The lowest BCUT2D eigenvalue weighted by molar-refractivity contribution is -0.148. The molecule has 0 unspecified atom stereocenters. The summed E-state index contributed by atoms with van der Waals surface area (Å²) in [7, 11) is 0. The first-order valence-electron chi connectivity index (χ1n) is 12.4. The number of carbonyl (C=O) groups excluding carboxylic acids is 1. The molecule has 2 aliphatic rings. The lowest BCUT2D eigenvalue weighted by Crippen LogP contribution is -2.48. The van der Waals surface area contributed by atoms with Crippen molar-refractivity contribution in [2.45, 2.75) is 77.7 Å². The zero-order valence-corrected chi connectivity index (χ0v) is 19.8. The SMILES string of the molecule is CCCO[C@@]1(C(=O)Nc2ccc(OCCCN3CCC(C)CC3)cc2)CCC[C@H](C)C1. The summed E-state index contributed by atoms with van der Waals surface area (Å²) in [4.78, 5) is 15.7. The average Bonchev–Trinajstić information content (AvgIpc) is 2.77. The fourth-order valence-electron chi connectivity index (χ4n) is 4.85. The first kappa shape index (κ1) is 24.1. The van der Waals surface area contributed by atoms with Crippen LogP contribution in [-0.4, -0.2) is 49.3 Å². The maximum Gasteiger partial charge on any atom is 0.256 e. The number of likely N-dealkylation sites (tertiary alicyclic amines) is 1. The maximum absolute atomic E-state index is 13.1. The van der Waals surface area contributed by atoms with Gasteiger partial charge in [-0.25, -0.2) is 0 Å². The van der Waals surface area contributed by atoms with Crippen LogP contribution in [0.25, 0.3) is 0 Å². The van der Waals surface area contributed by atoms with E-state index in [1.54, 1.807) is 0 Å². The van der Waals surface area contributed by atoms with Crippen molar-refractivity contribution in [3.8, 4) is 5.75 Å². The van der Waals surface area contributed by atoms with Gasteiger partial charge in [-0.05, 0) is 94.1 Å². The van der Waals surface area contributed by atoms with Gasteiger partial charge in [0, 0.05) is 18.8 Å². The number of piperidine rings is 1. The van der Waals surface area contributed by atoms with Gasteiger partial charge in [0.2, 0.25) is 0 Å². The minimum Gasteiger partial charge on any atom is -0.494 e. The fraction of sp³-hybridized carbons (Fsp3) is 0.731. The van der Waals surface area contributed by atoms with Gasteiger partial charge in [-0.2, -0.15) is 0 Å². The Bertz CT molecular complexity index is 670. The number of amides is 1. The summed E-state index contributed by atoms with van der Waals surface area (Å²) in [5, 5.41) is 3.10. The Morgan fingerprint density at radius 2 is 1.84 bits per heavy atom. The number of carbonyl (C=O) groups is 1. The summed E-state index contributed by atoms with van der Waals surface area (Å²) in [5.41, 5.74) is 0.118. The molecule has 5 nitrogen and oxygen atoms in total. The van der Waals surface area contributed by atoms with Crippen LogP contribution in [0.1, 0.15) is 72.1 Å². The molecule has 1 aliphatic carbocycles. The molecule has 5 heteroatoms. The Hall–Kier alpha value is -1.59. The quantitative estimate of drug-likeness (QED) is 0.498. The standard InChI is InChI=1S/C26H42N2O3/c1-4-18-31-26(14-5-7-22(3)20-26)25(29)27-23-8-10-24(11-9-23)30-19-6-15-28-16-12-21(2)13-17-28/h8-11,21-22H,4-7,12-20H2,1-3H3,(H,27,29)/t22-,26-/m0/s1. The predicted octanol–water partition coefficient (Wildman–Crippen LogP) is 5.50. The van der Waals surface area contributed by atoms with Gasteiger partial charge in [0.25, 0.3) is 5.91 Å². The highest BCUT2D eigenvalue weighted by Gasteiger charge is 2.42. The van der Waals surface area contributed by atoms with Crippen molar-refractivity contribution in [2.75, 3.05) is 38.2 Å². The first-order chi connectivity index (χ1) is 15.0. The number of benzene rings is 1. The van der Waals surface area contributed by atoms with Crippen LogP contribution in [0, 0.1) is 11.8 Å². The summed E-state index contributed by atoms with van der Waals surface area (Å²) >= 11 is 0. The number of nitrogens with one attached hydrogen (secondary N) is 1. The summed E-state index contributed by atoms with van der Waals surface area (Å²) in [6.45, 7) is 11.6. The first-order valence-corrected chi connectivity index (χ1v) is 12.4. The van der Waals surface area contributed by atoms with Gasteiger partial charge < -0.3 is 19.7 Å². The molecular weight excluding hydrogens is 388 g/mol. The van der Waals surface area contributed by atoms with Crippen molar-refractivity contribution < 1.29 is 14.3 Å². The van der Waals surface area contributed by atoms with E-state index in [9.17, 15) is 4.79 Å². The van der Waals surface area contributed by atoms with E-state index in [4.69, 9.17) is 9.47 Å². The highest BCUT2D eigenvalue weighted by atomic mass is 16.5. The topological polar surface area (TPSA) is 50.8 Å². The van der Waals surface area contributed by atoms with Gasteiger partial charge in [-0.1, -0.05) is 27.2 Å². The Balaban J connectivity index is 1.45. The molecule has 174 valence electrons. The summed E-state index contributed by atoms with van der Waals surface area (Å²) in [5.74, 6) is 2.24. The third-order valence-corrected chi connectivity index (χ3v) is 6.83. The van der Waals surface area contributed by atoms with Crippen LogP contribution in [0.5, 0.6) is 5.75 Å². The van der Waals surface area contributed by atoms with Crippen LogP contribution in [0.4, 0.5) is 5.69 Å². The lowest BCUT2D eigenvalue weighted by Gasteiger charge is -2.38. The molecule has 0 spiro atoms. The largest absolute Gasteiger partial charge is 0.494 e. The molecule has 1 saturated heterocycles. The smallest absolute Gasteiger partial charge is 0.256 e. The Kier molecular flexibility index (Phi) is 9.21. The molecule has 1 N–H and O–H groups in total. The number of hydrogen-bond acceptors (Lipinski definition) is 4. The van der Waals surface area contributed by atoms with Crippen molar-refractivity contribution in [2.24, 2.45) is 11.8 Å². The molecule has 0 bridgehead atoms. The van der Waals surface area contributed by atoms with E-state index in [1.807, 2.05) is 24.3 Å². The molecule has 0 radical (unpaired) electrons. The highest BCUT2D eigenvalue weighted by molar-refractivity contribution is 5.97. The number of rotatable bonds is 10. The van der Waals surface area contributed by atoms with Crippen molar-refractivity contribution in [3.63, 3.8) is 0 Å². The molecule has 2 fully saturated rings. The molecule has 1 aromatic rings. The fourth-order valence-corrected chi connectivity index (χ4v) is 4.85. The van der Waals surface area contributed by atoms with Crippen LogP contribution in [0.3, 0.4) is 0 Å². The van der Waals surface area contributed by atoms with Gasteiger partial charge in [-0.15, -0.1) is 0 Å². The summed E-state index contributed by atoms with van der Waals surface area (Å²) in [6, 6.07) is 7.75. The average molecular weight is 431 g/mol. The second kappa shape index (κ2) is 11.9. The lowest BCUT2D eigenvalue weighted by atomic mass is 9.78. The van der Waals surface area contributed by atoms with Gasteiger partial charge in [0.1, 0.15) is 11.4 Å². The van der Waals surface area contributed by atoms with Crippen LogP contribution in [0.15, 0.2) is 24.3 Å². The van der Waals surface area contributed by atoms with Crippen molar-refractivity contribution in [1.82, 2.24) is 4.90 Å². The van der Waals surface area contributed by atoms with Gasteiger partial charge in [0.05, 0.1) is 6.61 Å². The van der Waals surface area contributed by atoms with Crippen LogP contribution in [0.2, 0.25) is 0 Å². The molecule has 1 saturated carbocycles. The Labute approximate surface area is 188 Å². The molecule has 0 aromatic heterocycles. The molecule has 2 atom stereocenters. The van der Waals surface area contributed by atoms with E-state index < -0.39 is 5.60 Å². The van der Waals surface area contributed by atoms with E-state index >= 15 is 0 Å². The van der Waals surface area contributed by atoms with E-state index in [2.05, 4.69) is 31.0 Å². The van der Waals surface area contributed by atoms with Crippen molar-refractivity contribution in [3.05, 3.63) is 24.3 Å². The van der Waals surface area contributed by atoms with Crippen LogP contribution in [-0.2, 0) is 9.53 Å². The number of hydrogen-bond donors (Lipinski definition) is 1. The second-order valence-corrected chi connectivity index (χ2v) is 9.75. The molecule has 3 rings (SSSR count). The molecule has 1 aliphatic heterocycles. The number of nitrogens with zero attached hydrogens (tertiary/aromatic N) is 1. The highest BCUT2D eigenvalue weighted by Crippen LogP contribution is 2.36. The van der Waals surface area contributed by atoms with Crippen molar-refractivity contribution >= 4 is 11.6 Å². The molecule has 1 amide bonds. The minimum atomic E-state index is -0.685. The molecule has 1 aromatic carbocycles. The van der Waals surface area contributed by atoms with E-state index in [0.717, 1.165) is 62.6 Å². The Morgan fingerprint density at radius 1 is 1.10 bits per heavy atom. The molecule has 31 heavy (non-hydrogen) atoms. The molecule has 1 heterocycles. The van der Waals surface area contributed by atoms with Crippen LogP contribution < -0.4 is 10.1 Å². The zero-order chi connectivity index (χ0) is 22.1. The minimum absolute atomic E-state index is 0.00276. The monoisotopic (exact) mass is 430 g/mol. The maximum atomic E-state index is 13.1. The van der Waals surface area contributed by atoms with Gasteiger partial charge in [-0.3, -0.25) is 4.79 Å². The number of anilines is 1. The third-order valence-electron chi connectivity index (χ3n) is 6.83. The predicted molar refractivity (Wildman–Crippen MR) is 127 cm³/mol. The van der Waals surface area contributed by atoms with E-state index in [-0.39, 0.29) is 5.91 Å². The third kappa shape index (κ3) is 7.21. The summed E-state index contributed by atoms with van der Waals surface area (Å²) in [6.07, 6.45) is 8.43. The van der Waals surface area contributed by atoms with Crippen LogP contribution >= 0.6 is 0 Å². The number of ether oxygens (including phenoxy) is 2. The summed E-state index contributed by atoms with van der Waals surface area (Å²) < 4.78 is 12.0. The zero-order valence-electron chi connectivity index (χ0n) is 19.8. The second-order valence-electron chi connectivity index (χ2n) is 9.75. The van der Waals surface area contributed by atoms with E-state index in [1.165, 1.54) is 32.4 Å². The normalized spacial score (nSPS) is 25.3. The van der Waals surface area contributed by atoms with E-state index in [0.29, 0.717) is 12.5 Å². The molecular formula is C26H42N2O3.